The Kier molecular flexibility index (Phi) is 7.06. The van der Waals surface area contributed by atoms with E-state index in [0.717, 1.165) is 50.1 Å². The minimum absolute atomic E-state index is 0.0950. The molecular formula is C49H35NOS. The van der Waals surface area contributed by atoms with Crippen LogP contribution in [0.3, 0.4) is 0 Å². The third-order valence-electron chi connectivity index (χ3n) is 10.7. The second-order valence-corrected chi connectivity index (χ2v) is 15.2. The van der Waals surface area contributed by atoms with Crippen molar-refractivity contribution in [2.75, 3.05) is 4.90 Å². The van der Waals surface area contributed by atoms with Crippen molar-refractivity contribution in [3.63, 3.8) is 0 Å². The van der Waals surface area contributed by atoms with Crippen LogP contribution in [0, 0.1) is 0 Å². The molecule has 1 aliphatic rings. The number of hydrogen-bond acceptors (Lipinski definition) is 3. The van der Waals surface area contributed by atoms with E-state index in [1.807, 2.05) is 23.5 Å². The van der Waals surface area contributed by atoms with Gasteiger partial charge in [0.05, 0.1) is 0 Å². The van der Waals surface area contributed by atoms with Gasteiger partial charge in [-0.1, -0.05) is 135 Å². The van der Waals surface area contributed by atoms with Gasteiger partial charge >= 0.3 is 0 Å². The van der Waals surface area contributed by atoms with Crippen molar-refractivity contribution in [2.24, 2.45) is 0 Å². The summed E-state index contributed by atoms with van der Waals surface area (Å²) in [5.41, 5.74) is 15.2. The molecule has 248 valence electrons. The molecule has 3 heteroatoms. The Morgan fingerprint density at radius 2 is 1.02 bits per heavy atom. The minimum atomic E-state index is -0.0950. The van der Waals surface area contributed by atoms with Gasteiger partial charge in [-0.05, 0) is 93.5 Å². The van der Waals surface area contributed by atoms with Crippen LogP contribution in [0.4, 0.5) is 17.1 Å². The molecule has 0 aliphatic heterocycles. The second kappa shape index (κ2) is 12.0. The number of thiophene rings is 1. The molecule has 0 N–H and O–H groups in total. The van der Waals surface area contributed by atoms with Crippen LogP contribution >= 0.6 is 11.3 Å². The van der Waals surface area contributed by atoms with Crippen molar-refractivity contribution < 1.29 is 4.42 Å². The van der Waals surface area contributed by atoms with E-state index in [-0.39, 0.29) is 5.41 Å². The summed E-state index contributed by atoms with van der Waals surface area (Å²) in [5.74, 6) is 0. The Bertz CT molecular complexity index is 2750. The van der Waals surface area contributed by atoms with Gasteiger partial charge in [-0.2, -0.15) is 0 Å². The predicted molar refractivity (Wildman–Crippen MR) is 220 cm³/mol. The van der Waals surface area contributed by atoms with Gasteiger partial charge in [0.2, 0.25) is 0 Å². The predicted octanol–water partition coefficient (Wildman–Crippen LogP) is 14.4. The molecule has 0 saturated heterocycles. The maximum Gasteiger partial charge on any atom is 0.143 e. The van der Waals surface area contributed by atoms with Crippen LogP contribution in [0.5, 0.6) is 0 Å². The molecule has 52 heavy (non-hydrogen) atoms. The van der Waals surface area contributed by atoms with Gasteiger partial charge in [0, 0.05) is 48.6 Å². The van der Waals surface area contributed by atoms with Crippen LogP contribution in [0.15, 0.2) is 180 Å². The van der Waals surface area contributed by atoms with E-state index in [2.05, 4.69) is 183 Å². The first-order valence-electron chi connectivity index (χ1n) is 17.8. The molecule has 2 heterocycles. The molecule has 10 rings (SSSR count). The molecule has 7 aromatic carbocycles. The average molecular weight is 686 g/mol. The molecule has 0 bridgehead atoms. The molecule has 0 fully saturated rings. The molecule has 9 aromatic rings. The van der Waals surface area contributed by atoms with Crippen LogP contribution in [-0.4, -0.2) is 0 Å². The van der Waals surface area contributed by atoms with Crippen molar-refractivity contribution >= 4 is 50.3 Å². The van der Waals surface area contributed by atoms with Crippen molar-refractivity contribution in [3.05, 3.63) is 187 Å². The molecule has 1 aliphatic carbocycles. The number of rotatable bonds is 6. The van der Waals surface area contributed by atoms with E-state index in [0.29, 0.717) is 0 Å². The first-order valence-corrected chi connectivity index (χ1v) is 18.7. The highest BCUT2D eigenvalue weighted by Gasteiger charge is 2.35. The smallest absolute Gasteiger partial charge is 0.143 e. The number of para-hydroxylation sites is 2. The Morgan fingerprint density at radius 3 is 1.79 bits per heavy atom. The third kappa shape index (κ3) is 4.92. The molecule has 0 spiro atoms. The monoisotopic (exact) mass is 685 g/mol. The van der Waals surface area contributed by atoms with Gasteiger partial charge in [-0.25, -0.2) is 0 Å². The molecule has 2 nitrogen and oxygen atoms in total. The summed E-state index contributed by atoms with van der Waals surface area (Å²) in [6.45, 7) is 4.69. The van der Waals surface area contributed by atoms with Crippen LogP contribution in [-0.2, 0) is 5.41 Å². The van der Waals surface area contributed by atoms with E-state index < -0.39 is 0 Å². The quantitative estimate of drug-likeness (QED) is 0.173. The summed E-state index contributed by atoms with van der Waals surface area (Å²) >= 11 is 1.83. The van der Waals surface area contributed by atoms with Crippen LogP contribution in [0.1, 0.15) is 25.0 Å². The number of fused-ring (bicyclic) bond motifs is 6. The van der Waals surface area contributed by atoms with E-state index in [1.165, 1.54) is 43.1 Å². The lowest BCUT2D eigenvalue weighted by Gasteiger charge is -2.28. The summed E-state index contributed by atoms with van der Waals surface area (Å²) < 4.78 is 6.41. The summed E-state index contributed by atoms with van der Waals surface area (Å²) in [6.07, 6.45) is 0. The maximum atomic E-state index is 6.41. The van der Waals surface area contributed by atoms with Crippen molar-refractivity contribution in [1.29, 1.82) is 0 Å². The van der Waals surface area contributed by atoms with Crippen molar-refractivity contribution in [3.8, 4) is 43.1 Å². The molecule has 0 saturated carbocycles. The van der Waals surface area contributed by atoms with E-state index in [4.69, 9.17) is 4.42 Å². The Balaban J connectivity index is 1.06. The van der Waals surface area contributed by atoms with Crippen LogP contribution < -0.4 is 4.90 Å². The van der Waals surface area contributed by atoms with E-state index >= 15 is 0 Å². The molecule has 0 unspecified atom stereocenters. The number of nitrogens with zero attached hydrogens (tertiary/aromatic N) is 1. The zero-order valence-corrected chi connectivity index (χ0v) is 29.8. The van der Waals surface area contributed by atoms with Crippen molar-refractivity contribution in [2.45, 2.75) is 19.3 Å². The van der Waals surface area contributed by atoms with E-state index in [1.54, 1.807) is 0 Å². The summed E-state index contributed by atoms with van der Waals surface area (Å²) in [6, 6.07) is 63.6. The second-order valence-electron chi connectivity index (χ2n) is 14.1. The maximum absolute atomic E-state index is 6.41. The van der Waals surface area contributed by atoms with Crippen LogP contribution in [0.25, 0.3) is 65.1 Å². The SMILES string of the molecule is CC1(C)c2ccccc2-c2ccc(N(c3ccc(-c4ccc(-c5ccccc5)s4)cc3)c3ccc(-c4cccc5c4oc4ccccc45)cc3)cc21. The molecular weight excluding hydrogens is 651 g/mol. The summed E-state index contributed by atoms with van der Waals surface area (Å²) in [4.78, 5) is 4.93. The van der Waals surface area contributed by atoms with Gasteiger partial charge in [-0.3, -0.25) is 0 Å². The molecule has 0 atom stereocenters. The minimum Gasteiger partial charge on any atom is -0.455 e. The lowest BCUT2D eigenvalue weighted by Crippen LogP contribution is -2.16. The van der Waals surface area contributed by atoms with Gasteiger partial charge in [0.25, 0.3) is 0 Å². The first kappa shape index (κ1) is 30.6. The van der Waals surface area contributed by atoms with E-state index in [9.17, 15) is 0 Å². The molecule has 0 radical (unpaired) electrons. The Morgan fingerprint density at radius 1 is 0.442 bits per heavy atom. The highest BCUT2D eigenvalue weighted by Crippen LogP contribution is 2.51. The lowest BCUT2D eigenvalue weighted by molar-refractivity contribution is 0.660. The topological polar surface area (TPSA) is 16.4 Å². The van der Waals surface area contributed by atoms with Gasteiger partial charge < -0.3 is 9.32 Å². The fraction of sp³-hybridized carbons (Fsp3) is 0.0612. The zero-order chi connectivity index (χ0) is 34.8. The Hall–Kier alpha value is -6.16. The highest BCUT2D eigenvalue weighted by molar-refractivity contribution is 7.18. The lowest BCUT2D eigenvalue weighted by atomic mass is 9.82. The average Bonchev–Trinajstić information content (AvgIpc) is 3.90. The number of benzene rings is 7. The Labute approximate surface area is 307 Å². The van der Waals surface area contributed by atoms with Crippen LogP contribution in [0.2, 0.25) is 0 Å². The third-order valence-corrected chi connectivity index (χ3v) is 11.9. The first-order chi connectivity index (χ1) is 25.5. The number of anilines is 3. The van der Waals surface area contributed by atoms with Gasteiger partial charge in [0.15, 0.2) is 0 Å². The number of hydrogen-bond donors (Lipinski definition) is 0. The van der Waals surface area contributed by atoms with Gasteiger partial charge in [0.1, 0.15) is 11.2 Å². The summed E-state index contributed by atoms with van der Waals surface area (Å²) in [7, 11) is 0. The van der Waals surface area contributed by atoms with Gasteiger partial charge in [-0.15, -0.1) is 11.3 Å². The zero-order valence-electron chi connectivity index (χ0n) is 29.0. The highest BCUT2D eigenvalue weighted by atomic mass is 32.1. The fourth-order valence-corrected chi connectivity index (χ4v) is 9.09. The fourth-order valence-electron chi connectivity index (χ4n) is 8.07. The largest absolute Gasteiger partial charge is 0.455 e. The molecule has 2 aromatic heterocycles. The normalized spacial score (nSPS) is 13.0. The summed E-state index contributed by atoms with van der Waals surface area (Å²) in [5, 5.41) is 2.29. The number of furan rings is 1. The molecule has 0 amide bonds. The van der Waals surface area contributed by atoms with Crippen molar-refractivity contribution in [1.82, 2.24) is 0 Å². The standard InChI is InChI=1S/C49H35NOS/c1-49(2)43-17-8-6-13-39(43)40-28-27-37(31-44(40)49)50(36-25-21-34(22-26-36)47-30-29-46(52-47)33-11-4-3-5-12-33)35-23-19-32(20-24-35)38-15-10-16-42-41-14-7-9-18-45(41)51-48(38)42/h3-31H,1-2H3.